The monoisotopic (exact) mass is 335 g/mol. The third-order valence-electron chi connectivity index (χ3n) is 2.58. The molecule has 0 aromatic heterocycles. The Kier molecular flexibility index (Phi) is 5.68. The van der Waals surface area contributed by atoms with Crippen molar-refractivity contribution in [1.29, 1.82) is 0 Å². The molecule has 21 heavy (non-hydrogen) atoms. The van der Waals surface area contributed by atoms with E-state index >= 15 is 0 Å². The highest BCUT2D eigenvalue weighted by atomic mass is 35.5. The predicted octanol–water partition coefficient (Wildman–Crippen LogP) is 1.67. The van der Waals surface area contributed by atoms with E-state index in [2.05, 4.69) is 10.0 Å². The predicted molar refractivity (Wildman–Crippen MR) is 81.9 cm³/mol. The summed E-state index contributed by atoms with van der Waals surface area (Å²) in [6.07, 6.45) is 1.09. The molecule has 0 heterocycles. The molecule has 0 atom stereocenters. The first-order valence-electron chi connectivity index (χ1n) is 6.13. The molecule has 0 saturated heterocycles. The maximum Gasteiger partial charge on any atom is 0.269 e. The molecular weight excluding hydrogens is 318 g/mol. The Balaban J connectivity index is 2.68. The Morgan fingerprint density at radius 2 is 2.00 bits per heavy atom. The fourth-order valence-corrected chi connectivity index (χ4v) is 3.12. The zero-order valence-electron chi connectivity index (χ0n) is 12.0. The molecule has 9 heteroatoms. The Labute approximate surface area is 128 Å². The van der Waals surface area contributed by atoms with Crippen molar-refractivity contribution in [3.05, 3.63) is 38.9 Å². The normalized spacial score (nSPS) is 12.4. The van der Waals surface area contributed by atoms with Gasteiger partial charge in [-0.2, -0.15) is 0 Å². The number of halogens is 1. The number of nitro groups is 1. The summed E-state index contributed by atoms with van der Waals surface area (Å²) in [6, 6.07) is 4.20. The summed E-state index contributed by atoms with van der Waals surface area (Å²) < 4.78 is 24.9. The summed E-state index contributed by atoms with van der Waals surface area (Å²) in [5, 5.41) is 14.2. The summed E-state index contributed by atoms with van der Waals surface area (Å²) in [5.41, 5.74) is -0.133. The summed E-state index contributed by atoms with van der Waals surface area (Å²) in [7, 11) is -3.31. The minimum absolute atomic E-state index is 0.0373. The number of hydrogen-bond donors (Lipinski definition) is 2. The second kappa shape index (κ2) is 6.69. The van der Waals surface area contributed by atoms with Crippen molar-refractivity contribution in [2.75, 3.05) is 12.8 Å². The largest absolute Gasteiger partial charge is 0.311 e. The number of benzene rings is 1. The zero-order chi connectivity index (χ0) is 16.3. The van der Waals surface area contributed by atoms with Crippen molar-refractivity contribution in [2.45, 2.75) is 25.9 Å². The van der Waals surface area contributed by atoms with Crippen LogP contribution in [0.2, 0.25) is 5.02 Å². The first-order chi connectivity index (χ1) is 9.50. The van der Waals surface area contributed by atoms with Gasteiger partial charge in [-0.3, -0.25) is 10.1 Å². The average molecular weight is 336 g/mol. The van der Waals surface area contributed by atoms with Crippen LogP contribution in [-0.4, -0.2) is 31.7 Å². The van der Waals surface area contributed by atoms with E-state index in [9.17, 15) is 18.5 Å². The number of rotatable bonds is 7. The van der Waals surface area contributed by atoms with E-state index in [-0.39, 0.29) is 5.69 Å². The molecule has 1 rings (SSSR count). The lowest BCUT2D eigenvalue weighted by Crippen LogP contribution is -2.49. The zero-order valence-corrected chi connectivity index (χ0v) is 13.6. The minimum atomic E-state index is -3.31. The van der Waals surface area contributed by atoms with Gasteiger partial charge in [-0.05, 0) is 25.5 Å². The first kappa shape index (κ1) is 17.8. The lowest BCUT2D eigenvalue weighted by Gasteiger charge is -2.25. The smallest absolute Gasteiger partial charge is 0.269 e. The van der Waals surface area contributed by atoms with E-state index in [1.165, 1.54) is 18.2 Å². The van der Waals surface area contributed by atoms with Crippen molar-refractivity contribution in [3.63, 3.8) is 0 Å². The van der Waals surface area contributed by atoms with Gasteiger partial charge in [0.15, 0.2) is 0 Å². The summed E-state index contributed by atoms with van der Waals surface area (Å²) in [5.74, 6) is 0. The van der Waals surface area contributed by atoms with E-state index in [1.807, 2.05) is 0 Å². The molecule has 0 aliphatic carbocycles. The van der Waals surface area contributed by atoms with E-state index in [4.69, 9.17) is 11.6 Å². The Hall–Kier alpha value is -1.22. The van der Waals surface area contributed by atoms with Crippen molar-refractivity contribution < 1.29 is 13.3 Å². The lowest BCUT2D eigenvalue weighted by atomic mass is 10.1. The van der Waals surface area contributed by atoms with Crippen molar-refractivity contribution >= 4 is 27.3 Å². The maximum atomic E-state index is 11.2. The van der Waals surface area contributed by atoms with Crippen LogP contribution in [0.25, 0.3) is 0 Å². The number of non-ortho nitro benzene ring substituents is 1. The molecule has 1 aromatic rings. The number of nitro benzene ring substituents is 1. The highest BCUT2D eigenvalue weighted by Crippen LogP contribution is 2.21. The van der Waals surface area contributed by atoms with Crippen LogP contribution in [0.3, 0.4) is 0 Å². The molecule has 0 fully saturated rings. The van der Waals surface area contributed by atoms with Crippen molar-refractivity contribution in [2.24, 2.45) is 0 Å². The highest BCUT2D eigenvalue weighted by molar-refractivity contribution is 7.88. The number of nitrogens with one attached hydrogen (secondary N) is 2. The second-order valence-corrected chi connectivity index (χ2v) is 7.55. The van der Waals surface area contributed by atoms with Gasteiger partial charge in [0.25, 0.3) is 5.69 Å². The van der Waals surface area contributed by atoms with Crippen LogP contribution in [0.1, 0.15) is 19.4 Å². The van der Waals surface area contributed by atoms with E-state index in [1.54, 1.807) is 13.8 Å². The fraction of sp³-hybridized carbons (Fsp3) is 0.500. The van der Waals surface area contributed by atoms with Crippen molar-refractivity contribution in [1.82, 2.24) is 10.0 Å². The third-order valence-corrected chi connectivity index (χ3v) is 3.88. The van der Waals surface area contributed by atoms with Crippen LogP contribution >= 0.6 is 11.6 Å². The minimum Gasteiger partial charge on any atom is -0.311 e. The van der Waals surface area contributed by atoms with E-state index in [0.29, 0.717) is 23.7 Å². The first-order valence-corrected chi connectivity index (χ1v) is 8.40. The molecule has 0 saturated carbocycles. The fourth-order valence-electron chi connectivity index (χ4n) is 1.86. The quantitative estimate of drug-likeness (QED) is 0.583. The van der Waals surface area contributed by atoms with Crippen LogP contribution in [0.15, 0.2) is 18.2 Å². The Morgan fingerprint density at radius 3 is 2.52 bits per heavy atom. The topological polar surface area (TPSA) is 101 Å². The number of nitrogens with zero attached hydrogens (tertiary/aromatic N) is 1. The van der Waals surface area contributed by atoms with Gasteiger partial charge in [-0.15, -0.1) is 0 Å². The van der Waals surface area contributed by atoms with E-state index in [0.717, 1.165) is 6.26 Å². The third kappa shape index (κ3) is 6.38. The molecule has 118 valence electrons. The van der Waals surface area contributed by atoms with Gasteiger partial charge >= 0.3 is 0 Å². The molecule has 7 nitrogen and oxygen atoms in total. The molecule has 0 unspecified atom stereocenters. The molecule has 0 amide bonds. The molecule has 1 aromatic carbocycles. The lowest BCUT2D eigenvalue weighted by molar-refractivity contribution is -0.384. The summed E-state index contributed by atoms with van der Waals surface area (Å²) in [6.45, 7) is 4.11. The molecule has 2 N–H and O–H groups in total. The molecule has 0 aliphatic heterocycles. The Bertz CT molecular complexity index is 631. The van der Waals surface area contributed by atoms with Crippen LogP contribution in [0.4, 0.5) is 5.69 Å². The van der Waals surface area contributed by atoms with Gasteiger partial charge in [0, 0.05) is 35.8 Å². The number of sulfonamides is 1. The van der Waals surface area contributed by atoms with Crippen LogP contribution < -0.4 is 10.0 Å². The highest BCUT2D eigenvalue weighted by Gasteiger charge is 2.21. The van der Waals surface area contributed by atoms with Crippen LogP contribution in [-0.2, 0) is 16.6 Å². The van der Waals surface area contributed by atoms with Gasteiger partial charge in [-0.25, -0.2) is 13.1 Å². The maximum absolute atomic E-state index is 11.2. The van der Waals surface area contributed by atoms with Gasteiger partial charge < -0.3 is 5.32 Å². The van der Waals surface area contributed by atoms with Crippen LogP contribution in [0.5, 0.6) is 0 Å². The van der Waals surface area contributed by atoms with Gasteiger partial charge in [-0.1, -0.05) is 11.6 Å². The van der Waals surface area contributed by atoms with Crippen LogP contribution in [0, 0.1) is 10.1 Å². The summed E-state index contributed by atoms with van der Waals surface area (Å²) in [4.78, 5) is 10.2. The van der Waals surface area contributed by atoms with Gasteiger partial charge in [0.05, 0.1) is 11.2 Å². The van der Waals surface area contributed by atoms with Crippen molar-refractivity contribution in [3.8, 4) is 0 Å². The molecule has 0 aliphatic rings. The average Bonchev–Trinajstić information content (AvgIpc) is 2.27. The molecular formula is C12H18ClN3O4S. The standard InChI is InChI=1S/C12H18ClN3O4S/c1-12(2,15-21(3,19)20)8-14-7-9-6-10(16(17)18)4-5-11(9)13/h4-6,14-15H,7-8H2,1-3H3. The molecule has 0 bridgehead atoms. The van der Waals surface area contributed by atoms with Gasteiger partial charge in [0.2, 0.25) is 10.0 Å². The van der Waals surface area contributed by atoms with Gasteiger partial charge in [0.1, 0.15) is 0 Å². The van der Waals surface area contributed by atoms with E-state index < -0.39 is 20.5 Å². The molecule has 0 spiro atoms. The molecule has 0 radical (unpaired) electrons. The Morgan fingerprint density at radius 1 is 1.38 bits per heavy atom. The SMILES string of the molecule is CC(C)(CNCc1cc([N+](=O)[O-])ccc1Cl)NS(C)(=O)=O. The summed E-state index contributed by atoms with van der Waals surface area (Å²) >= 11 is 5.98. The number of hydrogen-bond acceptors (Lipinski definition) is 5. The second-order valence-electron chi connectivity index (χ2n) is 5.39.